The highest BCUT2D eigenvalue weighted by Crippen LogP contribution is 2.28. The molecule has 7 heteroatoms. The van der Waals surface area contributed by atoms with Crippen molar-refractivity contribution < 1.29 is 4.79 Å². The SMILES string of the molecule is C[C@@H]1C[C@H](C)CN(C(=O)CSc2nnc(-c3ccccc3Cl)n2C)C1. The molecule has 0 spiro atoms. The predicted molar refractivity (Wildman–Crippen MR) is 102 cm³/mol. The number of amides is 1. The zero-order valence-corrected chi connectivity index (χ0v) is 16.3. The molecule has 0 radical (unpaired) electrons. The van der Waals surface area contributed by atoms with Gasteiger partial charge in [0.05, 0.1) is 10.8 Å². The second-order valence-electron chi connectivity index (χ2n) is 6.88. The predicted octanol–water partition coefficient (Wildman–Crippen LogP) is 3.73. The molecule has 0 aliphatic carbocycles. The standard InChI is InChI=1S/C18H23ClN4OS/c1-12-8-13(2)10-23(9-12)16(24)11-25-18-21-20-17(22(18)3)14-6-4-5-7-15(14)19/h4-7,12-13H,8-11H2,1-3H3/t12-,13+. The quantitative estimate of drug-likeness (QED) is 0.760. The van der Waals surface area contributed by atoms with E-state index in [4.69, 9.17) is 11.6 Å². The number of carbonyl (C=O) groups excluding carboxylic acids is 1. The van der Waals surface area contributed by atoms with E-state index in [1.165, 1.54) is 18.2 Å². The molecule has 5 nitrogen and oxygen atoms in total. The van der Waals surface area contributed by atoms with Crippen LogP contribution in [0.3, 0.4) is 0 Å². The van der Waals surface area contributed by atoms with Crippen molar-refractivity contribution in [1.29, 1.82) is 0 Å². The maximum absolute atomic E-state index is 12.5. The molecule has 0 N–H and O–H groups in total. The van der Waals surface area contributed by atoms with E-state index in [1.807, 2.05) is 40.8 Å². The fourth-order valence-corrected chi connectivity index (χ4v) is 4.44. The van der Waals surface area contributed by atoms with Gasteiger partial charge < -0.3 is 9.47 Å². The van der Waals surface area contributed by atoms with Crippen LogP contribution in [0, 0.1) is 11.8 Å². The molecular weight excluding hydrogens is 356 g/mol. The molecule has 0 unspecified atom stereocenters. The molecular formula is C18H23ClN4OS. The van der Waals surface area contributed by atoms with Crippen LogP contribution < -0.4 is 0 Å². The monoisotopic (exact) mass is 378 g/mol. The number of thioether (sulfide) groups is 1. The summed E-state index contributed by atoms with van der Waals surface area (Å²) in [5, 5.41) is 9.84. The number of carbonyl (C=O) groups is 1. The Kier molecular flexibility index (Phi) is 5.69. The lowest BCUT2D eigenvalue weighted by Crippen LogP contribution is -2.43. The van der Waals surface area contributed by atoms with Crippen molar-refractivity contribution in [3.05, 3.63) is 29.3 Å². The van der Waals surface area contributed by atoms with Crippen molar-refractivity contribution in [3.8, 4) is 11.4 Å². The molecule has 25 heavy (non-hydrogen) atoms. The van der Waals surface area contributed by atoms with Gasteiger partial charge in [0.15, 0.2) is 11.0 Å². The molecule has 3 rings (SSSR count). The summed E-state index contributed by atoms with van der Waals surface area (Å²) in [6.07, 6.45) is 1.20. The second-order valence-corrected chi connectivity index (χ2v) is 8.23. The van der Waals surface area contributed by atoms with Gasteiger partial charge in [-0.05, 0) is 30.4 Å². The first-order chi connectivity index (χ1) is 12.0. The van der Waals surface area contributed by atoms with E-state index in [-0.39, 0.29) is 5.91 Å². The van der Waals surface area contributed by atoms with Crippen molar-refractivity contribution in [3.63, 3.8) is 0 Å². The highest BCUT2D eigenvalue weighted by Gasteiger charge is 2.25. The lowest BCUT2D eigenvalue weighted by atomic mass is 9.92. The molecule has 1 aliphatic heterocycles. The summed E-state index contributed by atoms with van der Waals surface area (Å²) in [5.74, 6) is 2.40. The van der Waals surface area contributed by atoms with Crippen molar-refractivity contribution in [2.45, 2.75) is 25.4 Å². The van der Waals surface area contributed by atoms with Gasteiger partial charge in [0, 0.05) is 25.7 Å². The van der Waals surface area contributed by atoms with Crippen LogP contribution in [0.4, 0.5) is 0 Å². The van der Waals surface area contributed by atoms with Crippen LogP contribution in [0.15, 0.2) is 29.4 Å². The summed E-state index contributed by atoms with van der Waals surface area (Å²) >= 11 is 7.68. The van der Waals surface area contributed by atoms with Gasteiger partial charge in [0.2, 0.25) is 5.91 Å². The molecule has 0 bridgehead atoms. The van der Waals surface area contributed by atoms with Crippen LogP contribution in [0.1, 0.15) is 20.3 Å². The zero-order chi connectivity index (χ0) is 18.0. The minimum absolute atomic E-state index is 0.172. The second kappa shape index (κ2) is 7.79. The molecule has 1 fully saturated rings. The van der Waals surface area contributed by atoms with E-state index in [0.29, 0.717) is 28.4 Å². The van der Waals surface area contributed by atoms with E-state index in [0.717, 1.165) is 23.8 Å². The van der Waals surface area contributed by atoms with Crippen LogP contribution in [-0.4, -0.2) is 44.4 Å². The maximum Gasteiger partial charge on any atom is 0.233 e. The van der Waals surface area contributed by atoms with Gasteiger partial charge in [0.25, 0.3) is 0 Å². The smallest absolute Gasteiger partial charge is 0.233 e. The Morgan fingerprint density at radius 2 is 1.92 bits per heavy atom. The average molecular weight is 379 g/mol. The van der Waals surface area contributed by atoms with Crippen molar-refractivity contribution >= 4 is 29.3 Å². The van der Waals surface area contributed by atoms with Crippen molar-refractivity contribution in [2.24, 2.45) is 18.9 Å². The molecule has 2 atom stereocenters. The van der Waals surface area contributed by atoms with Crippen molar-refractivity contribution in [2.75, 3.05) is 18.8 Å². The molecule has 0 saturated carbocycles. The number of hydrogen-bond donors (Lipinski definition) is 0. The van der Waals surface area contributed by atoms with E-state index in [2.05, 4.69) is 24.0 Å². The van der Waals surface area contributed by atoms with Gasteiger partial charge in [-0.25, -0.2) is 0 Å². The summed E-state index contributed by atoms with van der Waals surface area (Å²) in [5.41, 5.74) is 0.844. The highest BCUT2D eigenvalue weighted by atomic mass is 35.5. The lowest BCUT2D eigenvalue weighted by molar-refractivity contribution is -0.130. The summed E-state index contributed by atoms with van der Waals surface area (Å²) in [6, 6.07) is 7.56. The minimum atomic E-state index is 0.172. The number of piperidine rings is 1. The first-order valence-electron chi connectivity index (χ1n) is 8.50. The molecule has 1 aliphatic rings. The topological polar surface area (TPSA) is 51.0 Å². The molecule has 134 valence electrons. The Morgan fingerprint density at radius 1 is 1.24 bits per heavy atom. The van der Waals surface area contributed by atoms with Gasteiger partial charge >= 0.3 is 0 Å². The van der Waals surface area contributed by atoms with Crippen LogP contribution in [0.5, 0.6) is 0 Å². The third kappa shape index (κ3) is 4.18. The molecule has 2 heterocycles. The lowest BCUT2D eigenvalue weighted by Gasteiger charge is -2.34. The zero-order valence-electron chi connectivity index (χ0n) is 14.8. The van der Waals surface area contributed by atoms with Crippen LogP contribution in [-0.2, 0) is 11.8 Å². The van der Waals surface area contributed by atoms with Gasteiger partial charge in [-0.15, -0.1) is 10.2 Å². The number of benzene rings is 1. The third-order valence-corrected chi connectivity index (χ3v) is 5.83. The Labute approximate surface area is 157 Å². The number of aromatic nitrogens is 3. The normalized spacial score (nSPS) is 20.7. The van der Waals surface area contributed by atoms with Gasteiger partial charge in [-0.1, -0.05) is 49.3 Å². The minimum Gasteiger partial charge on any atom is -0.341 e. The Balaban J connectivity index is 1.66. The number of likely N-dealkylation sites (tertiary alicyclic amines) is 1. The van der Waals surface area contributed by atoms with E-state index in [9.17, 15) is 4.79 Å². The van der Waals surface area contributed by atoms with E-state index < -0.39 is 0 Å². The number of hydrogen-bond acceptors (Lipinski definition) is 4. The molecule has 1 saturated heterocycles. The van der Waals surface area contributed by atoms with Crippen LogP contribution in [0.25, 0.3) is 11.4 Å². The van der Waals surface area contributed by atoms with Crippen LogP contribution >= 0.6 is 23.4 Å². The number of rotatable bonds is 4. The highest BCUT2D eigenvalue weighted by molar-refractivity contribution is 7.99. The number of nitrogens with zero attached hydrogens (tertiary/aromatic N) is 4. The van der Waals surface area contributed by atoms with Crippen LogP contribution in [0.2, 0.25) is 5.02 Å². The fraction of sp³-hybridized carbons (Fsp3) is 0.500. The Morgan fingerprint density at radius 3 is 2.60 bits per heavy atom. The Bertz CT molecular complexity index is 753. The molecule has 1 aromatic heterocycles. The van der Waals surface area contributed by atoms with Crippen molar-refractivity contribution in [1.82, 2.24) is 19.7 Å². The first kappa shape index (κ1) is 18.3. The molecule has 1 aromatic carbocycles. The molecule has 1 amide bonds. The third-order valence-electron chi connectivity index (χ3n) is 4.50. The van der Waals surface area contributed by atoms with Gasteiger partial charge in [-0.2, -0.15) is 0 Å². The fourth-order valence-electron chi connectivity index (χ4n) is 3.40. The maximum atomic E-state index is 12.5. The average Bonchev–Trinajstić information content (AvgIpc) is 2.93. The molecule has 2 aromatic rings. The summed E-state index contributed by atoms with van der Waals surface area (Å²) < 4.78 is 1.89. The first-order valence-corrected chi connectivity index (χ1v) is 9.87. The Hall–Kier alpha value is -1.53. The summed E-state index contributed by atoms with van der Waals surface area (Å²) in [4.78, 5) is 14.5. The van der Waals surface area contributed by atoms with Gasteiger partial charge in [0.1, 0.15) is 0 Å². The van der Waals surface area contributed by atoms with Gasteiger partial charge in [-0.3, -0.25) is 4.79 Å². The number of halogens is 1. The summed E-state index contributed by atoms with van der Waals surface area (Å²) in [7, 11) is 1.90. The van der Waals surface area contributed by atoms with E-state index >= 15 is 0 Å². The summed E-state index contributed by atoms with van der Waals surface area (Å²) in [6.45, 7) is 6.13. The van der Waals surface area contributed by atoms with E-state index in [1.54, 1.807) is 0 Å². The largest absolute Gasteiger partial charge is 0.341 e.